The molecule has 5 heteroatoms. The van der Waals surface area contributed by atoms with Gasteiger partial charge in [-0.15, -0.1) is 0 Å². The highest BCUT2D eigenvalue weighted by Crippen LogP contribution is 2.29. The van der Waals surface area contributed by atoms with Crippen LogP contribution in [0.4, 0.5) is 11.4 Å². The Morgan fingerprint density at radius 1 is 0.912 bits per heavy atom. The first-order chi connectivity index (χ1) is 16.6. The highest BCUT2D eigenvalue weighted by molar-refractivity contribution is 6.09. The largest absolute Gasteiger partial charge is 0.494 e. The molecular formula is C29H29N3O2. The second kappa shape index (κ2) is 11.1. The number of hydrogen-bond donors (Lipinski definition) is 2. The molecule has 4 rings (SSSR count). The maximum atomic E-state index is 13.3. The van der Waals surface area contributed by atoms with E-state index in [4.69, 9.17) is 4.74 Å². The van der Waals surface area contributed by atoms with Crippen molar-refractivity contribution in [3.63, 3.8) is 0 Å². The minimum Gasteiger partial charge on any atom is -0.494 e. The summed E-state index contributed by atoms with van der Waals surface area (Å²) in [5, 5.41) is 6.42. The molecule has 4 aromatic rings. The van der Waals surface area contributed by atoms with Crippen molar-refractivity contribution in [3.8, 4) is 16.9 Å². The summed E-state index contributed by atoms with van der Waals surface area (Å²) in [4.78, 5) is 17.6. The summed E-state index contributed by atoms with van der Waals surface area (Å²) >= 11 is 0. The molecule has 1 amide bonds. The molecule has 0 aliphatic heterocycles. The Hall–Kier alpha value is -4.12. The summed E-state index contributed by atoms with van der Waals surface area (Å²) in [6.07, 6.45) is 2.65. The first-order valence-corrected chi connectivity index (χ1v) is 11.5. The van der Waals surface area contributed by atoms with Crippen LogP contribution in [-0.4, -0.2) is 24.0 Å². The lowest BCUT2D eigenvalue weighted by atomic mass is 9.98. The molecule has 1 aromatic heterocycles. The summed E-state index contributed by atoms with van der Waals surface area (Å²) in [5.41, 5.74) is 6.39. The number of carbonyl (C=O) groups excluding carboxylic acids is 1. The van der Waals surface area contributed by atoms with Crippen molar-refractivity contribution in [1.29, 1.82) is 0 Å². The fraction of sp³-hybridized carbons (Fsp3) is 0.172. The molecule has 0 saturated carbocycles. The maximum Gasteiger partial charge on any atom is 0.256 e. The fourth-order valence-electron chi connectivity index (χ4n) is 3.70. The Morgan fingerprint density at radius 3 is 2.38 bits per heavy atom. The Kier molecular flexibility index (Phi) is 7.56. The zero-order chi connectivity index (χ0) is 23.8. The van der Waals surface area contributed by atoms with Crippen molar-refractivity contribution in [2.45, 2.75) is 20.3 Å². The summed E-state index contributed by atoms with van der Waals surface area (Å²) in [6.45, 7) is 5.30. The van der Waals surface area contributed by atoms with Crippen molar-refractivity contribution in [1.82, 2.24) is 4.98 Å². The number of amides is 1. The van der Waals surface area contributed by atoms with Gasteiger partial charge in [-0.25, -0.2) is 0 Å². The van der Waals surface area contributed by atoms with Crippen LogP contribution in [0.3, 0.4) is 0 Å². The standard InChI is InChI=1S/C29H29N3O2/c1-3-34-26-15-16-27(22-9-7-21(2)8-10-22)28(20-26)29(33)32-25-13-11-24(12-14-25)31-19-17-23-6-4-5-18-30-23/h4-16,18,20,31H,3,17,19H2,1-2H3,(H,32,33). The lowest BCUT2D eigenvalue weighted by Gasteiger charge is -2.14. The van der Waals surface area contributed by atoms with E-state index in [0.29, 0.717) is 17.9 Å². The van der Waals surface area contributed by atoms with Crippen LogP contribution in [0.2, 0.25) is 0 Å². The van der Waals surface area contributed by atoms with Gasteiger partial charge in [0.2, 0.25) is 0 Å². The molecule has 0 unspecified atom stereocenters. The van der Waals surface area contributed by atoms with Gasteiger partial charge in [-0.3, -0.25) is 9.78 Å². The molecule has 2 N–H and O–H groups in total. The number of ether oxygens (including phenoxy) is 1. The third kappa shape index (κ3) is 6.01. The first-order valence-electron chi connectivity index (χ1n) is 11.5. The van der Waals surface area contributed by atoms with E-state index in [-0.39, 0.29) is 5.91 Å². The smallest absolute Gasteiger partial charge is 0.256 e. The van der Waals surface area contributed by atoms with Crippen LogP contribution >= 0.6 is 0 Å². The van der Waals surface area contributed by atoms with Gasteiger partial charge >= 0.3 is 0 Å². The molecule has 3 aromatic carbocycles. The summed E-state index contributed by atoms with van der Waals surface area (Å²) in [7, 11) is 0. The van der Waals surface area contributed by atoms with Gasteiger partial charge in [-0.1, -0.05) is 35.9 Å². The van der Waals surface area contributed by atoms with Crippen molar-refractivity contribution >= 4 is 17.3 Å². The Labute approximate surface area is 200 Å². The monoisotopic (exact) mass is 451 g/mol. The highest BCUT2D eigenvalue weighted by atomic mass is 16.5. The second-order valence-electron chi connectivity index (χ2n) is 8.04. The molecule has 0 aliphatic rings. The molecule has 0 radical (unpaired) electrons. The lowest BCUT2D eigenvalue weighted by molar-refractivity contribution is 0.102. The number of nitrogens with one attached hydrogen (secondary N) is 2. The number of carbonyl (C=O) groups is 1. The van der Waals surface area contributed by atoms with Crippen LogP contribution in [0, 0.1) is 6.92 Å². The number of pyridine rings is 1. The van der Waals surface area contributed by atoms with E-state index < -0.39 is 0 Å². The van der Waals surface area contributed by atoms with Crippen LogP contribution in [0.25, 0.3) is 11.1 Å². The van der Waals surface area contributed by atoms with Gasteiger partial charge in [0.15, 0.2) is 0 Å². The summed E-state index contributed by atoms with van der Waals surface area (Å²) in [5.74, 6) is 0.504. The molecule has 0 spiro atoms. The molecule has 0 saturated heterocycles. The van der Waals surface area contributed by atoms with Gasteiger partial charge in [0.1, 0.15) is 5.75 Å². The highest BCUT2D eigenvalue weighted by Gasteiger charge is 2.15. The molecule has 1 heterocycles. The van der Waals surface area contributed by atoms with Crippen molar-refractivity contribution < 1.29 is 9.53 Å². The van der Waals surface area contributed by atoms with Gasteiger partial charge in [-0.2, -0.15) is 0 Å². The minimum absolute atomic E-state index is 0.173. The molecule has 0 fully saturated rings. The number of hydrogen-bond acceptors (Lipinski definition) is 4. The topological polar surface area (TPSA) is 63.2 Å². The van der Waals surface area contributed by atoms with Gasteiger partial charge in [0, 0.05) is 36.2 Å². The van der Waals surface area contributed by atoms with E-state index in [9.17, 15) is 4.79 Å². The zero-order valence-electron chi connectivity index (χ0n) is 19.5. The zero-order valence-corrected chi connectivity index (χ0v) is 19.5. The number of rotatable bonds is 9. The van der Waals surface area contributed by atoms with E-state index >= 15 is 0 Å². The van der Waals surface area contributed by atoms with Crippen LogP contribution in [0.5, 0.6) is 5.75 Å². The number of nitrogens with zero attached hydrogens (tertiary/aromatic N) is 1. The van der Waals surface area contributed by atoms with E-state index in [1.165, 1.54) is 5.56 Å². The molecule has 0 atom stereocenters. The van der Waals surface area contributed by atoms with Crippen LogP contribution in [0.15, 0.2) is 91.1 Å². The quantitative estimate of drug-likeness (QED) is 0.311. The third-order valence-corrected chi connectivity index (χ3v) is 5.49. The average molecular weight is 452 g/mol. The Bertz CT molecular complexity index is 1220. The second-order valence-corrected chi connectivity index (χ2v) is 8.04. The molecule has 0 aliphatic carbocycles. The first kappa shape index (κ1) is 23.1. The van der Waals surface area contributed by atoms with E-state index in [1.54, 1.807) is 6.20 Å². The van der Waals surface area contributed by atoms with Gasteiger partial charge in [-0.05, 0) is 79.6 Å². The normalized spacial score (nSPS) is 10.5. The number of aromatic nitrogens is 1. The molecule has 34 heavy (non-hydrogen) atoms. The third-order valence-electron chi connectivity index (χ3n) is 5.49. The minimum atomic E-state index is -0.173. The Balaban J connectivity index is 1.46. The van der Waals surface area contributed by atoms with Crippen molar-refractivity contribution in [3.05, 3.63) is 108 Å². The molecular weight excluding hydrogens is 422 g/mol. The maximum absolute atomic E-state index is 13.3. The molecule has 0 bridgehead atoms. The predicted molar refractivity (Wildman–Crippen MR) is 139 cm³/mol. The summed E-state index contributed by atoms with van der Waals surface area (Å²) < 4.78 is 5.65. The van der Waals surface area contributed by atoms with Crippen LogP contribution < -0.4 is 15.4 Å². The van der Waals surface area contributed by atoms with Crippen LogP contribution in [-0.2, 0) is 6.42 Å². The van der Waals surface area contributed by atoms with Crippen molar-refractivity contribution in [2.24, 2.45) is 0 Å². The number of aryl methyl sites for hydroxylation is 1. The SMILES string of the molecule is CCOc1ccc(-c2ccc(C)cc2)c(C(=O)Nc2ccc(NCCc3ccccn3)cc2)c1. The predicted octanol–water partition coefficient (Wildman–Crippen LogP) is 6.36. The fourth-order valence-corrected chi connectivity index (χ4v) is 3.70. The average Bonchev–Trinajstić information content (AvgIpc) is 2.86. The van der Waals surface area contributed by atoms with Gasteiger partial charge in [0.25, 0.3) is 5.91 Å². The van der Waals surface area contributed by atoms with Gasteiger partial charge in [0.05, 0.1) is 12.2 Å². The van der Waals surface area contributed by atoms with Gasteiger partial charge < -0.3 is 15.4 Å². The van der Waals surface area contributed by atoms with Crippen LogP contribution in [0.1, 0.15) is 28.5 Å². The van der Waals surface area contributed by atoms with E-state index in [2.05, 4.69) is 15.6 Å². The van der Waals surface area contributed by atoms with E-state index in [0.717, 1.165) is 41.2 Å². The lowest BCUT2D eigenvalue weighted by Crippen LogP contribution is -2.13. The van der Waals surface area contributed by atoms with E-state index in [1.807, 2.05) is 98.8 Å². The Morgan fingerprint density at radius 2 is 1.68 bits per heavy atom. The number of anilines is 2. The number of benzene rings is 3. The molecule has 172 valence electrons. The summed E-state index contributed by atoms with van der Waals surface area (Å²) in [6, 6.07) is 27.5. The molecule has 5 nitrogen and oxygen atoms in total. The van der Waals surface area contributed by atoms with Crippen molar-refractivity contribution in [2.75, 3.05) is 23.8 Å².